The molecule has 0 bridgehead atoms. The van der Waals surface area contributed by atoms with Crippen molar-refractivity contribution >= 4 is 11.9 Å². The number of primary amides is 1. The van der Waals surface area contributed by atoms with Crippen LogP contribution in [0.15, 0.2) is 53.7 Å². The number of nitrogens with one attached hydrogen (secondary N) is 1. The highest BCUT2D eigenvalue weighted by Gasteiger charge is 2.33. The molecule has 1 aliphatic heterocycles. The van der Waals surface area contributed by atoms with E-state index in [0.29, 0.717) is 34.5 Å². The third-order valence-corrected chi connectivity index (χ3v) is 4.97. The van der Waals surface area contributed by atoms with Crippen LogP contribution in [0.25, 0.3) is 11.4 Å². The largest absolute Gasteiger partial charge is 0.508 e. The Hall–Kier alpha value is -4.01. The third kappa shape index (κ3) is 3.20. The second-order valence-corrected chi connectivity index (χ2v) is 6.80. The molecule has 1 aromatic heterocycles. The Morgan fingerprint density at radius 3 is 2.47 bits per heavy atom. The van der Waals surface area contributed by atoms with Crippen LogP contribution in [0, 0.1) is 0 Å². The maximum absolute atomic E-state index is 12.2. The molecule has 2 heterocycles. The van der Waals surface area contributed by atoms with Crippen molar-refractivity contribution in [2.24, 2.45) is 5.73 Å². The fraction of sp³-hybridized carbons (Fsp3) is 0.190. The van der Waals surface area contributed by atoms with Crippen LogP contribution >= 0.6 is 0 Å². The number of nitrogens with two attached hydrogens (primary N) is 1. The average molecular weight is 407 g/mol. The summed E-state index contributed by atoms with van der Waals surface area (Å²) in [5, 5.41) is 17.4. The van der Waals surface area contributed by atoms with Crippen LogP contribution < -0.4 is 20.5 Å². The summed E-state index contributed by atoms with van der Waals surface area (Å²) in [6, 6.07) is 11.4. The number of amides is 1. The molecule has 0 fully saturated rings. The van der Waals surface area contributed by atoms with E-state index in [-0.39, 0.29) is 5.75 Å². The zero-order chi connectivity index (χ0) is 21.4. The molecule has 1 atom stereocenters. The molecule has 1 amide bonds. The molecule has 0 saturated carbocycles. The molecule has 9 nitrogen and oxygen atoms in total. The zero-order valence-corrected chi connectivity index (χ0v) is 16.7. The fourth-order valence-corrected chi connectivity index (χ4v) is 3.53. The van der Waals surface area contributed by atoms with E-state index in [2.05, 4.69) is 15.4 Å². The van der Waals surface area contributed by atoms with Crippen molar-refractivity contribution in [3.63, 3.8) is 0 Å². The first-order valence-electron chi connectivity index (χ1n) is 9.18. The van der Waals surface area contributed by atoms with Crippen LogP contribution in [0.2, 0.25) is 0 Å². The van der Waals surface area contributed by atoms with Gasteiger partial charge in [0.25, 0.3) is 0 Å². The van der Waals surface area contributed by atoms with Gasteiger partial charge in [-0.2, -0.15) is 4.98 Å². The molecular formula is C21H21N5O4. The quantitative estimate of drug-likeness (QED) is 0.593. The van der Waals surface area contributed by atoms with Crippen molar-refractivity contribution < 1.29 is 19.4 Å². The number of carbonyl (C=O) groups is 1. The Morgan fingerprint density at radius 1 is 1.13 bits per heavy atom. The van der Waals surface area contributed by atoms with Gasteiger partial charge in [-0.1, -0.05) is 12.1 Å². The maximum atomic E-state index is 12.2. The molecule has 0 spiro atoms. The van der Waals surface area contributed by atoms with Gasteiger partial charge in [-0.25, -0.2) is 4.68 Å². The average Bonchev–Trinajstić information content (AvgIpc) is 3.16. The van der Waals surface area contributed by atoms with Gasteiger partial charge < -0.3 is 25.6 Å². The topological polar surface area (TPSA) is 125 Å². The highest BCUT2D eigenvalue weighted by atomic mass is 16.5. The van der Waals surface area contributed by atoms with Crippen molar-refractivity contribution in [1.82, 2.24) is 14.8 Å². The van der Waals surface area contributed by atoms with Crippen LogP contribution in [0.4, 0.5) is 5.95 Å². The standard InChI is InChI=1S/C21H21N5O4/c1-11-17(19(22)28)18(12-4-7-14(27)8-5-12)26-21(23-11)24-20(25-26)13-6-9-15(29-2)16(10-13)30-3/h4-10,18,27H,1-3H3,(H2,22,28)(H,23,24,25). The monoisotopic (exact) mass is 407 g/mol. The summed E-state index contributed by atoms with van der Waals surface area (Å²) >= 11 is 0. The first-order valence-corrected chi connectivity index (χ1v) is 9.18. The van der Waals surface area contributed by atoms with Gasteiger partial charge in [0.1, 0.15) is 11.8 Å². The van der Waals surface area contributed by atoms with Crippen LogP contribution in [0.1, 0.15) is 18.5 Å². The van der Waals surface area contributed by atoms with E-state index in [1.54, 1.807) is 62.2 Å². The third-order valence-electron chi connectivity index (χ3n) is 4.97. The van der Waals surface area contributed by atoms with E-state index in [4.69, 9.17) is 15.2 Å². The van der Waals surface area contributed by atoms with Crippen molar-refractivity contribution in [3.8, 4) is 28.6 Å². The lowest BCUT2D eigenvalue weighted by Gasteiger charge is -2.27. The number of ether oxygens (including phenoxy) is 2. The number of fused-ring (bicyclic) bond motifs is 1. The summed E-state index contributed by atoms with van der Waals surface area (Å²) in [5.74, 6) is 1.63. The number of anilines is 1. The van der Waals surface area contributed by atoms with Crippen molar-refractivity contribution in [2.75, 3.05) is 19.5 Å². The lowest BCUT2D eigenvalue weighted by molar-refractivity contribution is -0.115. The number of benzene rings is 2. The van der Waals surface area contributed by atoms with E-state index in [1.165, 1.54) is 0 Å². The molecular weight excluding hydrogens is 386 g/mol. The van der Waals surface area contributed by atoms with Gasteiger partial charge in [-0.15, -0.1) is 5.10 Å². The van der Waals surface area contributed by atoms with Gasteiger partial charge in [0, 0.05) is 11.3 Å². The predicted octanol–water partition coefficient (Wildman–Crippen LogP) is 2.44. The van der Waals surface area contributed by atoms with Crippen LogP contribution in [-0.4, -0.2) is 40.0 Å². The highest BCUT2D eigenvalue weighted by molar-refractivity contribution is 5.95. The molecule has 2 aromatic carbocycles. The zero-order valence-electron chi connectivity index (χ0n) is 16.7. The van der Waals surface area contributed by atoms with Crippen molar-refractivity contribution in [2.45, 2.75) is 13.0 Å². The number of allylic oxidation sites excluding steroid dienone is 1. The molecule has 0 aliphatic carbocycles. The number of hydrogen-bond acceptors (Lipinski definition) is 7. The summed E-state index contributed by atoms with van der Waals surface area (Å²) in [6.45, 7) is 1.77. The van der Waals surface area contributed by atoms with E-state index >= 15 is 0 Å². The Labute approximate surface area is 172 Å². The molecule has 1 aliphatic rings. The first kappa shape index (κ1) is 19.3. The van der Waals surface area contributed by atoms with Gasteiger partial charge in [-0.3, -0.25) is 4.79 Å². The summed E-state index contributed by atoms with van der Waals surface area (Å²) in [5.41, 5.74) is 8.12. The minimum atomic E-state index is -0.583. The fourth-order valence-electron chi connectivity index (χ4n) is 3.53. The molecule has 0 radical (unpaired) electrons. The van der Waals surface area contributed by atoms with Gasteiger partial charge in [0.05, 0.1) is 19.8 Å². The molecule has 154 valence electrons. The van der Waals surface area contributed by atoms with Gasteiger partial charge in [0.15, 0.2) is 17.3 Å². The van der Waals surface area contributed by atoms with Gasteiger partial charge in [0.2, 0.25) is 11.9 Å². The molecule has 0 saturated heterocycles. The number of carbonyl (C=O) groups excluding carboxylic acids is 1. The van der Waals surface area contributed by atoms with E-state index < -0.39 is 11.9 Å². The second-order valence-electron chi connectivity index (χ2n) is 6.80. The number of nitrogens with zero attached hydrogens (tertiary/aromatic N) is 3. The minimum absolute atomic E-state index is 0.124. The SMILES string of the molecule is COc1ccc(-c2nc3n(n2)C(c2ccc(O)cc2)C(C(N)=O)=C(C)N3)cc1OC. The molecule has 9 heteroatoms. The van der Waals surface area contributed by atoms with Crippen LogP contribution in [0.5, 0.6) is 17.2 Å². The Kier molecular flexibility index (Phi) is 4.78. The predicted molar refractivity (Wildman–Crippen MR) is 110 cm³/mol. The Balaban J connectivity index is 1.84. The lowest BCUT2D eigenvalue weighted by Crippen LogP contribution is -2.31. The summed E-state index contributed by atoms with van der Waals surface area (Å²) in [6.07, 6.45) is 0. The smallest absolute Gasteiger partial charge is 0.248 e. The molecule has 3 aromatic rings. The van der Waals surface area contributed by atoms with Crippen molar-refractivity contribution in [3.05, 3.63) is 59.3 Å². The molecule has 30 heavy (non-hydrogen) atoms. The molecule has 4 rings (SSSR count). The number of aromatic nitrogens is 3. The number of phenols is 1. The molecule has 1 unspecified atom stereocenters. The normalized spacial score (nSPS) is 15.4. The number of rotatable bonds is 5. The van der Waals surface area contributed by atoms with Gasteiger partial charge >= 0.3 is 0 Å². The number of hydrogen-bond donors (Lipinski definition) is 3. The number of methoxy groups -OCH3 is 2. The summed E-state index contributed by atoms with van der Waals surface area (Å²) < 4.78 is 12.3. The molecule has 4 N–H and O–H groups in total. The van der Waals surface area contributed by atoms with Crippen LogP contribution in [-0.2, 0) is 4.79 Å². The Morgan fingerprint density at radius 2 is 1.83 bits per heavy atom. The lowest BCUT2D eigenvalue weighted by atomic mass is 9.95. The summed E-state index contributed by atoms with van der Waals surface area (Å²) in [7, 11) is 3.12. The maximum Gasteiger partial charge on any atom is 0.248 e. The van der Waals surface area contributed by atoms with Crippen LogP contribution in [0.3, 0.4) is 0 Å². The Bertz CT molecular complexity index is 1150. The highest BCUT2D eigenvalue weighted by Crippen LogP contribution is 2.37. The van der Waals surface area contributed by atoms with E-state index in [0.717, 1.165) is 11.1 Å². The second kappa shape index (κ2) is 7.43. The first-order chi connectivity index (χ1) is 14.4. The van der Waals surface area contributed by atoms with Gasteiger partial charge in [-0.05, 0) is 42.8 Å². The number of aromatic hydroxyl groups is 1. The summed E-state index contributed by atoms with van der Waals surface area (Å²) in [4.78, 5) is 16.8. The van der Waals surface area contributed by atoms with E-state index in [9.17, 15) is 9.90 Å². The van der Waals surface area contributed by atoms with E-state index in [1.807, 2.05) is 6.07 Å². The number of phenolic OH excluding ortho intramolecular Hbond substituents is 1. The minimum Gasteiger partial charge on any atom is -0.508 e. The van der Waals surface area contributed by atoms with Crippen molar-refractivity contribution in [1.29, 1.82) is 0 Å².